The van der Waals surface area contributed by atoms with Crippen LogP contribution in [0.15, 0.2) is 21.8 Å². The lowest BCUT2D eigenvalue weighted by molar-refractivity contribution is -0.0446. The smallest absolute Gasteiger partial charge is 0.262 e. The van der Waals surface area contributed by atoms with Crippen molar-refractivity contribution in [2.24, 2.45) is 0 Å². The first-order chi connectivity index (χ1) is 13.0. The maximum Gasteiger partial charge on any atom is 0.262 e. The van der Waals surface area contributed by atoms with E-state index in [1.54, 1.807) is 4.68 Å². The van der Waals surface area contributed by atoms with Crippen LogP contribution in [0.3, 0.4) is 0 Å². The van der Waals surface area contributed by atoms with Gasteiger partial charge >= 0.3 is 0 Å². The average Bonchev–Trinajstić information content (AvgIpc) is 3.24. The minimum Gasteiger partial charge on any atom is -0.428 e. The molecule has 0 amide bonds. The highest BCUT2D eigenvalue weighted by Crippen LogP contribution is 2.47. The molecule has 142 valence electrons. The first-order valence-electron chi connectivity index (χ1n) is 9.13. The van der Waals surface area contributed by atoms with Gasteiger partial charge in [-0.25, -0.2) is 18.4 Å². The maximum atomic E-state index is 13.5. The Hall–Kier alpha value is -2.65. The first kappa shape index (κ1) is 16.5. The molecule has 2 fully saturated rings. The number of hydrogen-bond acceptors (Lipinski definition) is 6. The number of alkyl halides is 2. The fourth-order valence-electron chi connectivity index (χ4n) is 4.13. The zero-order valence-electron chi connectivity index (χ0n) is 14.4. The number of nitrogens with one attached hydrogen (secondary N) is 1. The van der Waals surface area contributed by atoms with Crippen LogP contribution >= 0.6 is 0 Å². The van der Waals surface area contributed by atoms with Crippen molar-refractivity contribution in [1.82, 2.24) is 29.9 Å². The molecule has 2 aliphatic rings. The lowest BCUT2D eigenvalue weighted by Crippen LogP contribution is -2.28. The molecule has 5 rings (SSSR count). The molecule has 2 aliphatic carbocycles. The highest BCUT2D eigenvalue weighted by Gasteiger charge is 2.39. The van der Waals surface area contributed by atoms with E-state index < -0.39 is 5.92 Å². The zero-order chi connectivity index (χ0) is 18.6. The SMILES string of the molecule is O=c1[nH]c(C2CCC2c2nnco2)nc2c1cnn2C1CCC(F)(F)CC1. The molecule has 3 heterocycles. The third kappa shape index (κ3) is 2.74. The highest BCUT2D eigenvalue weighted by atomic mass is 19.3. The maximum absolute atomic E-state index is 13.5. The van der Waals surface area contributed by atoms with E-state index in [9.17, 15) is 13.6 Å². The molecular weight excluding hydrogens is 358 g/mol. The quantitative estimate of drug-likeness (QED) is 0.754. The lowest BCUT2D eigenvalue weighted by Gasteiger charge is -2.33. The third-order valence-electron chi connectivity index (χ3n) is 5.83. The van der Waals surface area contributed by atoms with Crippen molar-refractivity contribution in [3.63, 3.8) is 0 Å². The zero-order valence-corrected chi connectivity index (χ0v) is 14.4. The number of hydrogen-bond donors (Lipinski definition) is 1. The van der Waals surface area contributed by atoms with E-state index in [2.05, 4.69) is 25.3 Å². The summed E-state index contributed by atoms with van der Waals surface area (Å²) in [6.07, 6.45) is 4.79. The summed E-state index contributed by atoms with van der Waals surface area (Å²) < 4.78 is 33.9. The molecule has 0 saturated heterocycles. The minimum absolute atomic E-state index is 0.0124. The van der Waals surface area contributed by atoms with Crippen LogP contribution in [0.2, 0.25) is 0 Å². The Morgan fingerprint density at radius 2 is 1.96 bits per heavy atom. The van der Waals surface area contributed by atoms with E-state index in [-0.39, 0.29) is 36.3 Å². The number of fused-ring (bicyclic) bond motifs is 1. The first-order valence-corrected chi connectivity index (χ1v) is 9.13. The highest BCUT2D eigenvalue weighted by molar-refractivity contribution is 5.73. The van der Waals surface area contributed by atoms with Gasteiger partial charge in [-0.1, -0.05) is 0 Å². The second-order valence-electron chi connectivity index (χ2n) is 7.43. The Labute approximate surface area is 152 Å². The summed E-state index contributed by atoms with van der Waals surface area (Å²) in [6.45, 7) is 0. The van der Waals surface area contributed by atoms with Crippen molar-refractivity contribution in [2.45, 2.75) is 62.3 Å². The molecule has 0 aliphatic heterocycles. The van der Waals surface area contributed by atoms with Gasteiger partial charge < -0.3 is 9.40 Å². The molecule has 0 radical (unpaired) electrons. The van der Waals surface area contributed by atoms with Gasteiger partial charge in [0.05, 0.1) is 12.2 Å². The number of H-pyrrole nitrogens is 1. The van der Waals surface area contributed by atoms with Crippen LogP contribution in [0.1, 0.15) is 68.1 Å². The summed E-state index contributed by atoms with van der Waals surface area (Å²) in [5.41, 5.74) is 0.193. The Morgan fingerprint density at radius 3 is 2.63 bits per heavy atom. The van der Waals surface area contributed by atoms with Crippen molar-refractivity contribution in [3.8, 4) is 0 Å². The summed E-state index contributed by atoms with van der Waals surface area (Å²) in [5.74, 6) is -1.50. The van der Waals surface area contributed by atoms with Crippen LogP contribution in [0, 0.1) is 0 Å². The number of halogens is 2. The van der Waals surface area contributed by atoms with Crippen LogP contribution in [-0.2, 0) is 0 Å². The Morgan fingerprint density at radius 1 is 1.19 bits per heavy atom. The topological polar surface area (TPSA) is 102 Å². The van der Waals surface area contributed by atoms with Crippen LogP contribution in [-0.4, -0.2) is 35.9 Å². The van der Waals surface area contributed by atoms with E-state index in [4.69, 9.17) is 4.42 Å². The van der Waals surface area contributed by atoms with Crippen LogP contribution in [0.5, 0.6) is 0 Å². The second-order valence-corrected chi connectivity index (χ2v) is 7.43. The second kappa shape index (κ2) is 5.93. The van der Waals surface area contributed by atoms with Gasteiger partial charge in [0.15, 0.2) is 5.65 Å². The minimum atomic E-state index is -2.61. The average molecular weight is 376 g/mol. The molecule has 10 heteroatoms. The molecule has 0 aromatic carbocycles. The van der Waals surface area contributed by atoms with Gasteiger partial charge in [0.2, 0.25) is 18.2 Å². The molecular formula is C17H18F2N6O2. The summed E-state index contributed by atoms with van der Waals surface area (Å²) in [6, 6.07) is -0.169. The molecule has 2 unspecified atom stereocenters. The molecule has 0 spiro atoms. The fraction of sp³-hybridized carbons (Fsp3) is 0.588. The number of rotatable bonds is 3. The van der Waals surface area contributed by atoms with Gasteiger partial charge in [0.1, 0.15) is 11.2 Å². The van der Waals surface area contributed by atoms with Gasteiger partial charge in [-0.2, -0.15) is 5.10 Å². The normalized spacial score (nSPS) is 25.6. The van der Waals surface area contributed by atoms with Crippen LogP contribution in [0.25, 0.3) is 11.0 Å². The third-order valence-corrected chi connectivity index (χ3v) is 5.83. The fourth-order valence-corrected chi connectivity index (χ4v) is 4.13. The van der Waals surface area contributed by atoms with E-state index >= 15 is 0 Å². The van der Waals surface area contributed by atoms with Crippen molar-refractivity contribution in [2.75, 3.05) is 0 Å². The molecule has 2 saturated carbocycles. The molecule has 1 N–H and O–H groups in total. The van der Waals surface area contributed by atoms with E-state index in [0.717, 1.165) is 12.8 Å². The Kier molecular flexibility index (Phi) is 3.63. The summed E-state index contributed by atoms with van der Waals surface area (Å²) in [4.78, 5) is 20.0. The predicted octanol–water partition coefficient (Wildman–Crippen LogP) is 2.91. The summed E-state index contributed by atoms with van der Waals surface area (Å²) >= 11 is 0. The van der Waals surface area contributed by atoms with Gasteiger partial charge in [-0.15, -0.1) is 10.2 Å². The summed E-state index contributed by atoms with van der Waals surface area (Å²) in [5, 5.41) is 12.4. The van der Waals surface area contributed by atoms with Crippen molar-refractivity contribution in [1.29, 1.82) is 0 Å². The Bertz CT molecular complexity index is 1020. The molecule has 0 bridgehead atoms. The van der Waals surface area contributed by atoms with Gasteiger partial charge in [0, 0.05) is 24.7 Å². The van der Waals surface area contributed by atoms with E-state index in [1.807, 2.05) is 0 Å². The molecule has 3 aromatic rings. The van der Waals surface area contributed by atoms with Crippen LogP contribution in [0.4, 0.5) is 8.78 Å². The van der Waals surface area contributed by atoms with E-state index in [0.29, 0.717) is 35.6 Å². The number of aromatic nitrogens is 6. The molecule has 2 atom stereocenters. The lowest BCUT2D eigenvalue weighted by atomic mass is 9.73. The van der Waals surface area contributed by atoms with Crippen LogP contribution < -0.4 is 5.56 Å². The largest absolute Gasteiger partial charge is 0.428 e. The van der Waals surface area contributed by atoms with Crippen molar-refractivity contribution in [3.05, 3.63) is 34.7 Å². The standard InChI is InChI=1S/C17H18F2N6O2/c18-17(19)5-3-9(4-6-17)25-14-12(7-21-25)15(26)23-13(22-14)10-1-2-11(10)16-24-20-8-27-16/h7-11H,1-6H2,(H,22,23,26). The van der Waals surface area contributed by atoms with Crippen molar-refractivity contribution < 1.29 is 13.2 Å². The summed E-state index contributed by atoms with van der Waals surface area (Å²) in [7, 11) is 0. The number of nitrogens with zero attached hydrogens (tertiary/aromatic N) is 5. The molecule has 8 nitrogen and oxygen atoms in total. The van der Waals surface area contributed by atoms with E-state index in [1.165, 1.54) is 12.6 Å². The Balaban J connectivity index is 1.50. The number of aromatic amines is 1. The monoisotopic (exact) mass is 376 g/mol. The van der Waals surface area contributed by atoms with Gasteiger partial charge in [-0.3, -0.25) is 4.79 Å². The van der Waals surface area contributed by atoms with Gasteiger partial charge in [-0.05, 0) is 25.7 Å². The molecule has 27 heavy (non-hydrogen) atoms. The van der Waals surface area contributed by atoms with Crippen molar-refractivity contribution >= 4 is 11.0 Å². The van der Waals surface area contributed by atoms with Gasteiger partial charge in [0.25, 0.3) is 5.56 Å². The predicted molar refractivity (Wildman–Crippen MR) is 89.6 cm³/mol. The molecule has 3 aromatic heterocycles.